The van der Waals surface area contributed by atoms with E-state index in [0.717, 1.165) is 43.0 Å². The van der Waals surface area contributed by atoms with Gasteiger partial charge in [0.05, 0.1) is 5.02 Å². The molecule has 1 aromatic heterocycles. The lowest BCUT2D eigenvalue weighted by molar-refractivity contribution is 0.272. The summed E-state index contributed by atoms with van der Waals surface area (Å²) in [5, 5.41) is 0.699. The Labute approximate surface area is 120 Å². The molecule has 0 saturated carbocycles. The van der Waals surface area contributed by atoms with Gasteiger partial charge in [-0.15, -0.1) is 11.6 Å². The third kappa shape index (κ3) is 3.47. The second-order valence-corrected chi connectivity index (χ2v) is 5.68. The molecule has 6 heteroatoms. The molecule has 1 aliphatic heterocycles. The van der Waals surface area contributed by atoms with Gasteiger partial charge in [0.1, 0.15) is 5.82 Å². The standard InChI is InChI=1S/C11H14BrCl2N3/c12-9-7-10(14)11(15-8-9)17-5-3-16(2-1-13)4-6-17/h7-8H,1-6H2. The van der Waals surface area contributed by atoms with E-state index in [9.17, 15) is 0 Å². The lowest BCUT2D eigenvalue weighted by atomic mass is 10.3. The second-order valence-electron chi connectivity index (χ2n) is 3.98. The molecule has 0 aliphatic carbocycles. The van der Waals surface area contributed by atoms with Crippen molar-refractivity contribution in [3.63, 3.8) is 0 Å². The van der Waals surface area contributed by atoms with Gasteiger partial charge in [0.2, 0.25) is 0 Å². The molecule has 94 valence electrons. The Kier molecular flexibility index (Phi) is 4.91. The molecule has 3 nitrogen and oxygen atoms in total. The number of halogens is 3. The quantitative estimate of drug-likeness (QED) is 0.790. The Morgan fingerprint density at radius 2 is 2.00 bits per heavy atom. The van der Waals surface area contributed by atoms with Crippen LogP contribution in [0.1, 0.15) is 0 Å². The number of hydrogen-bond acceptors (Lipinski definition) is 3. The maximum atomic E-state index is 6.19. The van der Waals surface area contributed by atoms with Gasteiger partial charge in [0, 0.05) is 49.3 Å². The van der Waals surface area contributed by atoms with Crippen molar-refractivity contribution in [1.29, 1.82) is 0 Å². The molecular weight excluding hydrogens is 325 g/mol. The zero-order valence-electron chi connectivity index (χ0n) is 9.37. The molecule has 2 heterocycles. The average Bonchev–Trinajstić information content (AvgIpc) is 2.31. The van der Waals surface area contributed by atoms with Crippen LogP contribution >= 0.6 is 39.1 Å². The first-order chi connectivity index (χ1) is 8.20. The van der Waals surface area contributed by atoms with Crippen LogP contribution < -0.4 is 4.90 Å². The molecule has 0 N–H and O–H groups in total. The molecule has 1 fully saturated rings. The summed E-state index contributed by atoms with van der Waals surface area (Å²) in [5.41, 5.74) is 0. The number of hydrogen-bond donors (Lipinski definition) is 0. The summed E-state index contributed by atoms with van der Waals surface area (Å²) in [6.07, 6.45) is 1.78. The number of piperazine rings is 1. The van der Waals surface area contributed by atoms with Gasteiger partial charge in [-0.1, -0.05) is 11.6 Å². The molecule has 17 heavy (non-hydrogen) atoms. The van der Waals surface area contributed by atoms with Crippen LogP contribution in [0.5, 0.6) is 0 Å². The van der Waals surface area contributed by atoms with E-state index in [0.29, 0.717) is 10.9 Å². The van der Waals surface area contributed by atoms with Gasteiger partial charge in [-0.05, 0) is 22.0 Å². The minimum Gasteiger partial charge on any atom is -0.353 e. The molecule has 0 radical (unpaired) electrons. The summed E-state index contributed by atoms with van der Waals surface area (Å²) in [5.74, 6) is 1.57. The van der Waals surface area contributed by atoms with Crippen LogP contribution in [0.3, 0.4) is 0 Å². The van der Waals surface area contributed by atoms with Crippen LogP contribution in [-0.2, 0) is 0 Å². The predicted molar refractivity (Wildman–Crippen MR) is 76.3 cm³/mol. The van der Waals surface area contributed by atoms with E-state index in [4.69, 9.17) is 23.2 Å². The molecule has 1 aliphatic rings. The molecule has 1 aromatic rings. The van der Waals surface area contributed by atoms with Crippen molar-refractivity contribution in [2.24, 2.45) is 0 Å². The van der Waals surface area contributed by atoms with Gasteiger partial charge in [0.15, 0.2) is 0 Å². The Bertz CT molecular complexity index is 381. The van der Waals surface area contributed by atoms with Crippen molar-refractivity contribution < 1.29 is 0 Å². The summed E-state index contributed by atoms with van der Waals surface area (Å²) in [6.45, 7) is 4.88. The topological polar surface area (TPSA) is 19.4 Å². The minimum atomic E-state index is 0.692. The van der Waals surface area contributed by atoms with Gasteiger partial charge in [-0.2, -0.15) is 0 Å². The van der Waals surface area contributed by atoms with Crippen LogP contribution in [0.4, 0.5) is 5.82 Å². The lowest BCUT2D eigenvalue weighted by Crippen LogP contribution is -2.47. The molecule has 0 bridgehead atoms. The van der Waals surface area contributed by atoms with Crippen LogP contribution in [-0.4, -0.2) is 48.5 Å². The van der Waals surface area contributed by atoms with Crippen molar-refractivity contribution in [1.82, 2.24) is 9.88 Å². The molecule has 0 unspecified atom stereocenters. The highest BCUT2D eigenvalue weighted by molar-refractivity contribution is 9.10. The van der Waals surface area contributed by atoms with E-state index in [1.165, 1.54) is 0 Å². The summed E-state index contributed by atoms with van der Waals surface area (Å²) in [4.78, 5) is 8.95. The number of pyridine rings is 1. The van der Waals surface area contributed by atoms with Crippen molar-refractivity contribution in [3.8, 4) is 0 Å². The minimum absolute atomic E-state index is 0.692. The fourth-order valence-corrected chi connectivity index (χ4v) is 2.93. The third-order valence-corrected chi connectivity index (χ3v) is 3.74. The van der Waals surface area contributed by atoms with E-state index in [2.05, 4.69) is 30.7 Å². The first-order valence-electron chi connectivity index (χ1n) is 5.55. The van der Waals surface area contributed by atoms with Gasteiger partial charge in [-0.3, -0.25) is 4.90 Å². The normalized spacial score (nSPS) is 17.5. The number of alkyl halides is 1. The number of rotatable bonds is 3. The van der Waals surface area contributed by atoms with Crippen molar-refractivity contribution >= 4 is 44.9 Å². The highest BCUT2D eigenvalue weighted by Crippen LogP contribution is 2.26. The third-order valence-electron chi connectivity index (χ3n) is 2.86. The SMILES string of the molecule is ClCCN1CCN(c2ncc(Br)cc2Cl)CC1. The monoisotopic (exact) mass is 337 g/mol. The zero-order valence-corrected chi connectivity index (χ0v) is 12.5. The van der Waals surface area contributed by atoms with Crippen molar-refractivity contribution in [2.45, 2.75) is 0 Å². The predicted octanol–water partition coefficient (Wildman–Crippen LogP) is 2.86. The summed E-state index contributed by atoms with van der Waals surface area (Å²) in [6, 6.07) is 1.88. The van der Waals surface area contributed by atoms with E-state index in [1.807, 2.05) is 6.07 Å². The van der Waals surface area contributed by atoms with E-state index >= 15 is 0 Å². The van der Waals surface area contributed by atoms with Crippen LogP contribution in [0, 0.1) is 0 Å². The summed E-state index contributed by atoms with van der Waals surface area (Å²) < 4.78 is 0.909. The fourth-order valence-electron chi connectivity index (χ4n) is 1.94. The summed E-state index contributed by atoms with van der Waals surface area (Å²) >= 11 is 15.3. The second kappa shape index (κ2) is 6.23. The smallest absolute Gasteiger partial charge is 0.147 e. The van der Waals surface area contributed by atoms with Crippen LogP contribution in [0.15, 0.2) is 16.7 Å². The van der Waals surface area contributed by atoms with Crippen molar-refractivity contribution in [3.05, 3.63) is 21.8 Å². The molecule has 0 aromatic carbocycles. The number of nitrogens with zero attached hydrogens (tertiary/aromatic N) is 3. The molecule has 0 amide bonds. The van der Waals surface area contributed by atoms with Gasteiger partial charge < -0.3 is 4.90 Å². The van der Waals surface area contributed by atoms with Gasteiger partial charge >= 0.3 is 0 Å². The largest absolute Gasteiger partial charge is 0.353 e. The van der Waals surface area contributed by atoms with Gasteiger partial charge in [0.25, 0.3) is 0 Å². The lowest BCUT2D eigenvalue weighted by Gasteiger charge is -2.35. The van der Waals surface area contributed by atoms with Gasteiger partial charge in [-0.25, -0.2) is 4.98 Å². The Balaban J connectivity index is 2.00. The van der Waals surface area contributed by atoms with Crippen LogP contribution in [0.25, 0.3) is 0 Å². The van der Waals surface area contributed by atoms with E-state index in [-0.39, 0.29) is 0 Å². The fraction of sp³-hybridized carbons (Fsp3) is 0.545. The van der Waals surface area contributed by atoms with Crippen LogP contribution in [0.2, 0.25) is 5.02 Å². The average molecular weight is 339 g/mol. The first kappa shape index (κ1) is 13.4. The Morgan fingerprint density at radius 1 is 1.29 bits per heavy atom. The van der Waals surface area contributed by atoms with E-state index in [1.54, 1.807) is 6.20 Å². The zero-order chi connectivity index (χ0) is 12.3. The maximum absolute atomic E-state index is 6.19. The van der Waals surface area contributed by atoms with E-state index < -0.39 is 0 Å². The maximum Gasteiger partial charge on any atom is 0.147 e. The highest BCUT2D eigenvalue weighted by atomic mass is 79.9. The molecule has 0 atom stereocenters. The Morgan fingerprint density at radius 3 is 2.59 bits per heavy atom. The molecular formula is C11H14BrCl2N3. The molecule has 0 spiro atoms. The first-order valence-corrected chi connectivity index (χ1v) is 7.25. The highest BCUT2D eigenvalue weighted by Gasteiger charge is 2.19. The number of aromatic nitrogens is 1. The van der Waals surface area contributed by atoms with Crippen molar-refractivity contribution in [2.75, 3.05) is 43.5 Å². The molecule has 1 saturated heterocycles. The Hall–Kier alpha value is -0.0300. The number of anilines is 1. The molecule has 2 rings (SSSR count). The summed E-state index contributed by atoms with van der Waals surface area (Å²) in [7, 11) is 0.